The Balaban J connectivity index is 1.25. The number of nitrogens with one attached hydrogen (secondary N) is 1. The average molecular weight is 563 g/mol. The maximum atomic E-state index is 12.2. The molecule has 0 aliphatic carbocycles. The Morgan fingerprint density at radius 1 is 1.00 bits per heavy atom. The predicted octanol–water partition coefficient (Wildman–Crippen LogP) is 5.27. The molecule has 7 nitrogen and oxygen atoms in total. The van der Waals surface area contributed by atoms with Gasteiger partial charge < -0.3 is 10.1 Å². The summed E-state index contributed by atoms with van der Waals surface area (Å²) >= 11 is 14.1. The number of hydrogen-bond acceptors (Lipinski definition) is 6. The van der Waals surface area contributed by atoms with Crippen molar-refractivity contribution < 1.29 is 9.53 Å². The summed E-state index contributed by atoms with van der Waals surface area (Å²) in [5.41, 5.74) is 2.04. The second-order valence-corrected chi connectivity index (χ2v) is 10.8. The Morgan fingerprint density at radius 2 is 1.81 bits per heavy atom. The van der Waals surface area contributed by atoms with E-state index in [1.807, 2.05) is 34.9 Å². The number of halogens is 2. The zero-order chi connectivity index (χ0) is 25.9. The lowest BCUT2D eigenvalue weighted by Crippen LogP contribution is -2.38. The number of carbonyl (C=O) groups is 1. The van der Waals surface area contributed by atoms with Crippen LogP contribution in [0.1, 0.15) is 37.1 Å². The van der Waals surface area contributed by atoms with Crippen molar-refractivity contribution in [3.8, 4) is 5.69 Å². The summed E-state index contributed by atoms with van der Waals surface area (Å²) in [5, 5.41) is 13.8. The van der Waals surface area contributed by atoms with E-state index >= 15 is 0 Å². The second kappa shape index (κ2) is 14.7. The lowest BCUT2D eigenvalue weighted by molar-refractivity contribution is -0.121. The van der Waals surface area contributed by atoms with Crippen LogP contribution in [0.4, 0.5) is 0 Å². The van der Waals surface area contributed by atoms with Gasteiger partial charge in [-0.2, -0.15) is 0 Å². The molecule has 1 aliphatic rings. The number of ether oxygens (including phenoxy) is 1. The lowest BCUT2D eigenvalue weighted by Gasteiger charge is -2.26. The number of aromatic nitrogens is 3. The Bertz CT molecular complexity index is 1140. The topological polar surface area (TPSA) is 72.3 Å². The molecular weight excluding hydrogens is 529 g/mol. The molecule has 198 valence electrons. The van der Waals surface area contributed by atoms with Crippen LogP contribution in [0.25, 0.3) is 5.69 Å². The zero-order valence-electron chi connectivity index (χ0n) is 20.9. The number of benzene rings is 2. The fourth-order valence-electron chi connectivity index (χ4n) is 4.16. The minimum atomic E-state index is 0.121. The summed E-state index contributed by atoms with van der Waals surface area (Å²) in [6.07, 6.45) is 3.91. The van der Waals surface area contributed by atoms with Gasteiger partial charge >= 0.3 is 0 Å². The maximum Gasteiger partial charge on any atom is 0.219 e. The molecular formula is C27H33Cl2N5O2S. The third-order valence-corrected chi connectivity index (χ3v) is 7.93. The number of rotatable bonds is 13. The summed E-state index contributed by atoms with van der Waals surface area (Å²) in [6, 6.07) is 15.8. The molecule has 0 radical (unpaired) electrons. The van der Waals surface area contributed by atoms with Crippen LogP contribution in [0.15, 0.2) is 53.7 Å². The second-order valence-electron chi connectivity index (χ2n) is 8.96. The van der Waals surface area contributed by atoms with Gasteiger partial charge in [0.05, 0.1) is 28.9 Å². The highest BCUT2D eigenvalue weighted by molar-refractivity contribution is 7.99. The van der Waals surface area contributed by atoms with Crippen molar-refractivity contribution in [2.45, 2.75) is 37.3 Å². The van der Waals surface area contributed by atoms with Gasteiger partial charge in [-0.25, -0.2) is 0 Å². The van der Waals surface area contributed by atoms with Crippen LogP contribution >= 0.6 is 35.0 Å². The molecule has 0 atom stereocenters. The van der Waals surface area contributed by atoms with E-state index in [1.165, 1.54) is 0 Å². The van der Waals surface area contributed by atoms with Gasteiger partial charge in [-0.3, -0.25) is 14.3 Å². The summed E-state index contributed by atoms with van der Waals surface area (Å²) < 4.78 is 7.41. The SMILES string of the molecule is O=C(CCCCSc1nnc(Cc2ccccc2)n1-c1ccc(Cl)c(Cl)c1)NCCCN1CCOCC1. The standard InChI is InChI=1S/C27H33Cl2N5O2S/c28-23-11-10-22(20-24(23)29)34-25(19-21-7-2-1-3-8-21)31-32-27(34)37-18-5-4-9-26(35)30-12-6-13-33-14-16-36-17-15-33/h1-3,7-8,10-11,20H,4-6,9,12-19H2,(H,30,35). The van der Waals surface area contributed by atoms with Crippen molar-refractivity contribution in [3.63, 3.8) is 0 Å². The number of morpholine rings is 1. The molecule has 1 aliphatic heterocycles. The lowest BCUT2D eigenvalue weighted by atomic mass is 10.1. The van der Waals surface area contributed by atoms with Gasteiger partial charge in [-0.1, -0.05) is 65.3 Å². The minimum Gasteiger partial charge on any atom is -0.379 e. The van der Waals surface area contributed by atoms with E-state index in [0.29, 0.717) is 22.9 Å². The average Bonchev–Trinajstić information content (AvgIpc) is 3.31. The van der Waals surface area contributed by atoms with Gasteiger partial charge in [0.25, 0.3) is 0 Å². The fraction of sp³-hybridized carbons (Fsp3) is 0.444. The van der Waals surface area contributed by atoms with Crippen LogP contribution in [-0.4, -0.2) is 70.7 Å². The summed E-state index contributed by atoms with van der Waals surface area (Å²) in [4.78, 5) is 14.6. The number of amides is 1. The molecule has 0 unspecified atom stereocenters. The molecule has 1 saturated heterocycles. The Kier molecular flexibility index (Phi) is 11.1. The molecule has 37 heavy (non-hydrogen) atoms. The first-order chi connectivity index (χ1) is 18.1. The van der Waals surface area contributed by atoms with Crippen LogP contribution in [0, 0.1) is 0 Å². The number of nitrogens with zero attached hydrogens (tertiary/aromatic N) is 4. The highest BCUT2D eigenvalue weighted by Gasteiger charge is 2.16. The molecule has 10 heteroatoms. The third-order valence-electron chi connectivity index (χ3n) is 6.17. The Morgan fingerprint density at radius 3 is 2.59 bits per heavy atom. The van der Waals surface area contributed by atoms with Gasteiger partial charge in [0.2, 0.25) is 5.91 Å². The minimum absolute atomic E-state index is 0.121. The highest BCUT2D eigenvalue weighted by Crippen LogP contribution is 2.29. The largest absolute Gasteiger partial charge is 0.379 e. The van der Waals surface area contributed by atoms with Crippen molar-refractivity contribution in [3.05, 3.63) is 70.0 Å². The number of thioether (sulfide) groups is 1. The van der Waals surface area contributed by atoms with Gasteiger partial charge in [0.1, 0.15) is 5.82 Å². The molecule has 2 heterocycles. The zero-order valence-corrected chi connectivity index (χ0v) is 23.2. The van der Waals surface area contributed by atoms with Crippen molar-refractivity contribution in [1.29, 1.82) is 0 Å². The quantitative estimate of drug-likeness (QED) is 0.226. The Hall–Kier alpha value is -2.10. The van der Waals surface area contributed by atoms with E-state index in [4.69, 9.17) is 27.9 Å². The van der Waals surface area contributed by atoms with Gasteiger partial charge in [0.15, 0.2) is 5.16 Å². The molecule has 0 bridgehead atoms. The van der Waals surface area contributed by atoms with E-state index < -0.39 is 0 Å². The van der Waals surface area contributed by atoms with E-state index in [2.05, 4.69) is 32.5 Å². The molecule has 1 aromatic heterocycles. The molecule has 1 fully saturated rings. The maximum absolute atomic E-state index is 12.2. The molecule has 3 aromatic rings. The van der Waals surface area contributed by atoms with Crippen LogP contribution < -0.4 is 5.32 Å². The molecule has 1 N–H and O–H groups in total. The van der Waals surface area contributed by atoms with Gasteiger partial charge in [-0.15, -0.1) is 10.2 Å². The van der Waals surface area contributed by atoms with Gasteiger partial charge in [0, 0.05) is 38.2 Å². The van der Waals surface area contributed by atoms with Crippen molar-refractivity contribution in [1.82, 2.24) is 25.0 Å². The van der Waals surface area contributed by atoms with Crippen LogP contribution in [-0.2, 0) is 16.0 Å². The number of carbonyl (C=O) groups excluding carboxylic acids is 1. The fourth-order valence-corrected chi connectivity index (χ4v) is 5.43. The van der Waals surface area contributed by atoms with Crippen molar-refractivity contribution in [2.75, 3.05) is 45.1 Å². The number of unbranched alkanes of at least 4 members (excludes halogenated alkanes) is 1. The van der Waals surface area contributed by atoms with Crippen molar-refractivity contribution in [2.24, 2.45) is 0 Å². The molecule has 4 rings (SSSR count). The van der Waals surface area contributed by atoms with Crippen molar-refractivity contribution >= 4 is 40.9 Å². The van der Waals surface area contributed by atoms with Crippen LogP contribution in [0.5, 0.6) is 0 Å². The van der Waals surface area contributed by atoms with E-state index in [-0.39, 0.29) is 5.91 Å². The third kappa shape index (κ3) is 8.72. The monoisotopic (exact) mass is 561 g/mol. The number of hydrogen-bond donors (Lipinski definition) is 1. The first kappa shape index (κ1) is 27.9. The van der Waals surface area contributed by atoms with Gasteiger partial charge in [-0.05, 0) is 49.6 Å². The summed E-state index contributed by atoms with van der Waals surface area (Å²) in [6.45, 7) is 5.31. The van der Waals surface area contributed by atoms with Crippen LogP contribution in [0.2, 0.25) is 10.0 Å². The summed E-state index contributed by atoms with van der Waals surface area (Å²) in [5.74, 6) is 1.80. The summed E-state index contributed by atoms with van der Waals surface area (Å²) in [7, 11) is 0. The van der Waals surface area contributed by atoms with E-state index in [0.717, 1.165) is 86.6 Å². The highest BCUT2D eigenvalue weighted by atomic mass is 35.5. The van der Waals surface area contributed by atoms with Crippen LogP contribution in [0.3, 0.4) is 0 Å². The molecule has 2 aromatic carbocycles. The molecule has 1 amide bonds. The van der Waals surface area contributed by atoms with E-state index in [1.54, 1.807) is 17.8 Å². The smallest absolute Gasteiger partial charge is 0.219 e. The Labute approximate surface area is 232 Å². The first-order valence-electron chi connectivity index (χ1n) is 12.7. The normalized spacial score (nSPS) is 14.1. The molecule has 0 saturated carbocycles. The first-order valence-corrected chi connectivity index (χ1v) is 14.5. The molecule has 0 spiro atoms. The predicted molar refractivity (Wildman–Crippen MR) is 150 cm³/mol. The van der Waals surface area contributed by atoms with E-state index in [9.17, 15) is 4.79 Å².